The average Bonchev–Trinajstić information content (AvgIpc) is 3.30. The molecule has 0 aliphatic heterocycles. The van der Waals surface area contributed by atoms with Gasteiger partial charge in [-0.2, -0.15) is 5.10 Å². The lowest BCUT2D eigenvalue weighted by atomic mass is 10.1. The number of rotatable bonds is 4. The quantitative estimate of drug-likeness (QED) is 0.586. The SMILES string of the molecule is CC(C(=O)c1ccccc1)n1cc(-c2ncnc3[nH]ccc23)cn1. The van der Waals surface area contributed by atoms with Crippen molar-refractivity contribution in [2.45, 2.75) is 13.0 Å². The maximum atomic E-state index is 12.6. The summed E-state index contributed by atoms with van der Waals surface area (Å²) in [5.41, 5.74) is 3.11. The summed E-state index contributed by atoms with van der Waals surface area (Å²) in [6.45, 7) is 1.85. The van der Waals surface area contributed by atoms with Gasteiger partial charge in [-0.1, -0.05) is 30.3 Å². The molecule has 0 aliphatic carbocycles. The topological polar surface area (TPSA) is 76.5 Å². The number of H-pyrrole nitrogens is 1. The van der Waals surface area contributed by atoms with Crippen molar-refractivity contribution >= 4 is 16.8 Å². The molecule has 1 atom stereocenters. The van der Waals surface area contributed by atoms with Crippen LogP contribution in [0.4, 0.5) is 0 Å². The van der Waals surface area contributed by atoms with Gasteiger partial charge in [-0.3, -0.25) is 9.48 Å². The molecule has 1 aromatic carbocycles. The molecule has 3 aromatic heterocycles. The molecule has 1 unspecified atom stereocenters. The molecule has 0 saturated carbocycles. The first-order valence-electron chi connectivity index (χ1n) is 7.66. The van der Waals surface area contributed by atoms with E-state index in [1.807, 2.05) is 55.7 Å². The van der Waals surface area contributed by atoms with Crippen LogP contribution in [-0.2, 0) is 0 Å². The fourth-order valence-corrected chi connectivity index (χ4v) is 2.74. The average molecular weight is 317 g/mol. The van der Waals surface area contributed by atoms with Crippen LogP contribution >= 0.6 is 0 Å². The molecule has 1 N–H and O–H groups in total. The minimum absolute atomic E-state index is 0.0275. The van der Waals surface area contributed by atoms with Gasteiger partial charge in [0.25, 0.3) is 0 Å². The number of Topliss-reactive ketones (excluding diaryl/α,β-unsaturated/α-hetero) is 1. The third-order valence-corrected chi connectivity index (χ3v) is 4.06. The predicted octanol–water partition coefficient (Wildman–Crippen LogP) is 3.27. The van der Waals surface area contributed by atoms with Crippen molar-refractivity contribution < 1.29 is 4.79 Å². The Labute approximate surface area is 138 Å². The third-order valence-electron chi connectivity index (χ3n) is 4.06. The number of hydrogen-bond acceptors (Lipinski definition) is 4. The lowest BCUT2D eigenvalue weighted by molar-refractivity contribution is 0.0928. The smallest absolute Gasteiger partial charge is 0.187 e. The number of ketones is 1. The van der Waals surface area contributed by atoms with E-state index in [4.69, 9.17) is 0 Å². The normalized spacial score (nSPS) is 12.4. The van der Waals surface area contributed by atoms with Crippen molar-refractivity contribution in [2.75, 3.05) is 0 Å². The molecule has 118 valence electrons. The second-order valence-electron chi connectivity index (χ2n) is 5.58. The summed E-state index contributed by atoms with van der Waals surface area (Å²) in [5.74, 6) is 0.0275. The zero-order chi connectivity index (χ0) is 16.5. The Morgan fingerprint density at radius 1 is 1.17 bits per heavy atom. The van der Waals surface area contributed by atoms with Crippen molar-refractivity contribution in [3.05, 3.63) is 66.9 Å². The molecule has 0 fully saturated rings. The number of aromatic nitrogens is 5. The molecule has 0 amide bonds. The van der Waals surface area contributed by atoms with Crippen LogP contribution in [0, 0.1) is 0 Å². The number of carbonyl (C=O) groups is 1. The molecular formula is C18H15N5O. The number of nitrogens with one attached hydrogen (secondary N) is 1. The Bertz CT molecular complexity index is 1000. The molecule has 0 saturated heterocycles. The van der Waals surface area contributed by atoms with Crippen LogP contribution in [0.25, 0.3) is 22.3 Å². The fourth-order valence-electron chi connectivity index (χ4n) is 2.74. The van der Waals surface area contributed by atoms with Crippen LogP contribution < -0.4 is 0 Å². The lowest BCUT2D eigenvalue weighted by Gasteiger charge is -2.10. The Balaban J connectivity index is 1.68. The van der Waals surface area contributed by atoms with Gasteiger partial charge in [-0.05, 0) is 13.0 Å². The van der Waals surface area contributed by atoms with Gasteiger partial charge in [-0.15, -0.1) is 0 Å². The highest BCUT2D eigenvalue weighted by Gasteiger charge is 2.18. The number of nitrogens with zero attached hydrogens (tertiary/aromatic N) is 4. The van der Waals surface area contributed by atoms with Crippen molar-refractivity contribution in [3.63, 3.8) is 0 Å². The van der Waals surface area contributed by atoms with Gasteiger partial charge in [0.1, 0.15) is 18.0 Å². The molecule has 24 heavy (non-hydrogen) atoms. The van der Waals surface area contributed by atoms with Crippen LogP contribution in [0.1, 0.15) is 23.3 Å². The van der Waals surface area contributed by atoms with Crippen LogP contribution in [0.2, 0.25) is 0 Å². The lowest BCUT2D eigenvalue weighted by Crippen LogP contribution is -2.16. The van der Waals surface area contributed by atoms with E-state index in [-0.39, 0.29) is 11.8 Å². The second kappa shape index (κ2) is 5.73. The summed E-state index contributed by atoms with van der Waals surface area (Å²) < 4.78 is 1.67. The fraction of sp³-hybridized carbons (Fsp3) is 0.111. The number of fused-ring (bicyclic) bond motifs is 1. The molecule has 4 aromatic rings. The first kappa shape index (κ1) is 14.3. The minimum atomic E-state index is -0.385. The molecule has 3 heterocycles. The maximum Gasteiger partial charge on any atom is 0.187 e. The van der Waals surface area contributed by atoms with Crippen LogP contribution in [0.3, 0.4) is 0 Å². The van der Waals surface area contributed by atoms with E-state index in [1.165, 1.54) is 6.33 Å². The van der Waals surface area contributed by atoms with Crippen molar-refractivity contribution in [1.29, 1.82) is 0 Å². The van der Waals surface area contributed by atoms with Crippen molar-refractivity contribution in [1.82, 2.24) is 24.7 Å². The summed E-state index contributed by atoms with van der Waals surface area (Å²) in [6.07, 6.45) is 6.92. The monoisotopic (exact) mass is 317 g/mol. The molecule has 0 spiro atoms. The summed E-state index contributed by atoms with van der Waals surface area (Å²) in [6, 6.07) is 10.8. The predicted molar refractivity (Wildman–Crippen MR) is 90.6 cm³/mol. The summed E-state index contributed by atoms with van der Waals surface area (Å²) in [7, 11) is 0. The van der Waals surface area contributed by atoms with E-state index in [1.54, 1.807) is 10.9 Å². The zero-order valence-electron chi connectivity index (χ0n) is 13.0. The number of aromatic amines is 1. The third kappa shape index (κ3) is 2.38. The molecule has 4 rings (SSSR count). The van der Waals surface area contributed by atoms with Gasteiger partial charge in [-0.25, -0.2) is 9.97 Å². The Morgan fingerprint density at radius 2 is 2.00 bits per heavy atom. The van der Waals surface area contributed by atoms with E-state index < -0.39 is 0 Å². The van der Waals surface area contributed by atoms with Gasteiger partial charge in [0.05, 0.1) is 11.9 Å². The van der Waals surface area contributed by atoms with E-state index in [0.29, 0.717) is 5.56 Å². The summed E-state index contributed by atoms with van der Waals surface area (Å²) in [5, 5.41) is 5.29. The van der Waals surface area contributed by atoms with Gasteiger partial charge < -0.3 is 4.98 Å². The van der Waals surface area contributed by atoms with Gasteiger partial charge in [0.2, 0.25) is 0 Å². The minimum Gasteiger partial charge on any atom is -0.346 e. The molecule has 6 heteroatoms. The van der Waals surface area contributed by atoms with Crippen LogP contribution in [0.5, 0.6) is 0 Å². The Kier molecular flexibility index (Phi) is 3.42. The number of benzene rings is 1. The largest absolute Gasteiger partial charge is 0.346 e. The first-order valence-corrected chi connectivity index (χ1v) is 7.66. The van der Waals surface area contributed by atoms with Crippen LogP contribution in [-0.4, -0.2) is 30.5 Å². The van der Waals surface area contributed by atoms with E-state index >= 15 is 0 Å². The summed E-state index contributed by atoms with van der Waals surface area (Å²) in [4.78, 5) is 24.2. The summed E-state index contributed by atoms with van der Waals surface area (Å²) >= 11 is 0. The highest BCUT2D eigenvalue weighted by Crippen LogP contribution is 2.25. The molecule has 6 nitrogen and oxygen atoms in total. The Morgan fingerprint density at radius 3 is 2.83 bits per heavy atom. The second-order valence-corrected chi connectivity index (χ2v) is 5.58. The zero-order valence-corrected chi connectivity index (χ0v) is 13.0. The highest BCUT2D eigenvalue weighted by atomic mass is 16.1. The molecular weight excluding hydrogens is 302 g/mol. The van der Waals surface area contributed by atoms with Crippen molar-refractivity contribution in [2.24, 2.45) is 0 Å². The number of hydrogen-bond donors (Lipinski definition) is 1. The molecule has 0 radical (unpaired) electrons. The number of carbonyl (C=O) groups excluding carboxylic acids is 1. The Hall–Kier alpha value is -3.28. The van der Waals surface area contributed by atoms with Gasteiger partial charge in [0, 0.05) is 28.9 Å². The molecule has 0 aliphatic rings. The van der Waals surface area contributed by atoms with E-state index in [0.717, 1.165) is 22.3 Å². The van der Waals surface area contributed by atoms with Crippen molar-refractivity contribution in [3.8, 4) is 11.3 Å². The van der Waals surface area contributed by atoms with Gasteiger partial charge in [0.15, 0.2) is 5.78 Å². The molecule has 0 bridgehead atoms. The van der Waals surface area contributed by atoms with E-state index in [9.17, 15) is 4.79 Å². The van der Waals surface area contributed by atoms with Gasteiger partial charge >= 0.3 is 0 Å². The highest BCUT2D eigenvalue weighted by molar-refractivity contribution is 5.98. The maximum absolute atomic E-state index is 12.6. The van der Waals surface area contributed by atoms with E-state index in [2.05, 4.69) is 20.1 Å². The standard InChI is InChI=1S/C18H15N5O/c1-12(17(24)13-5-3-2-4-6-13)23-10-14(9-22-23)16-15-7-8-19-18(15)21-11-20-16/h2-12H,1H3,(H,19,20,21). The first-order chi connectivity index (χ1) is 11.7. The van der Waals surface area contributed by atoms with Crippen LogP contribution in [0.15, 0.2) is 61.3 Å².